The molecule has 5 heteroatoms. The van der Waals surface area contributed by atoms with Crippen molar-refractivity contribution in [3.8, 4) is 0 Å². The lowest BCUT2D eigenvalue weighted by Crippen LogP contribution is -2.40. The van der Waals surface area contributed by atoms with Crippen molar-refractivity contribution in [3.63, 3.8) is 0 Å². The molecule has 2 unspecified atom stereocenters. The van der Waals surface area contributed by atoms with Gasteiger partial charge in [-0.05, 0) is 25.8 Å². The average Bonchev–Trinajstić information content (AvgIpc) is 2.85. The lowest BCUT2D eigenvalue weighted by molar-refractivity contribution is 0.00201. The van der Waals surface area contributed by atoms with Crippen LogP contribution in [0.5, 0.6) is 0 Å². The smallest absolute Gasteiger partial charge is 0.124 e. The molecule has 2 fully saturated rings. The SMILES string of the molecule is Cn1nncc1C1(O)CCN2CCCC21. The van der Waals surface area contributed by atoms with Gasteiger partial charge in [0.05, 0.1) is 11.9 Å². The maximum Gasteiger partial charge on any atom is 0.124 e. The number of aromatic nitrogens is 3. The van der Waals surface area contributed by atoms with Crippen LogP contribution in [-0.4, -0.2) is 44.1 Å². The number of rotatable bonds is 1. The van der Waals surface area contributed by atoms with Gasteiger partial charge in [-0.25, -0.2) is 4.68 Å². The van der Waals surface area contributed by atoms with E-state index in [9.17, 15) is 5.11 Å². The van der Waals surface area contributed by atoms with Gasteiger partial charge in [0.2, 0.25) is 0 Å². The first-order valence-electron chi connectivity index (χ1n) is 5.53. The van der Waals surface area contributed by atoms with E-state index in [-0.39, 0.29) is 6.04 Å². The summed E-state index contributed by atoms with van der Waals surface area (Å²) in [7, 11) is 1.85. The Morgan fingerprint density at radius 2 is 2.40 bits per heavy atom. The quantitative estimate of drug-likeness (QED) is 0.698. The summed E-state index contributed by atoms with van der Waals surface area (Å²) >= 11 is 0. The van der Waals surface area contributed by atoms with Gasteiger partial charge in [-0.2, -0.15) is 0 Å². The van der Waals surface area contributed by atoms with Crippen LogP contribution >= 0.6 is 0 Å². The standard InChI is InChI=1S/C10H16N4O/c1-13-9(7-11-12-13)10(15)4-6-14-5-2-3-8(10)14/h7-8,15H,2-6H2,1H3. The van der Waals surface area contributed by atoms with Crippen LogP contribution in [0.15, 0.2) is 6.20 Å². The molecule has 3 rings (SSSR count). The maximum atomic E-state index is 10.8. The summed E-state index contributed by atoms with van der Waals surface area (Å²) in [5.41, 5.74) is 0.131. The highest BCUT2D eigenvalue weighted by Crippen LogP contribution is 2.42. The van der Waals surface area contributed by atoms with Crippen molar-refractivity contribution in [2.45, 2.75) is 30.9 Å². The minimum Gasteiger partial charge on any atom is -0.382 e. The Kier molecular flexibility index (Phi) is 1.87. The topological polar surface area (TPSA) is 54.2 Å². The van der Waals surface area contributed by atoms with Crippen molar-refractivity contribution in [1.29, 1.82) is 0 Å². The third-order valence-corrected chi connectivity index (χ3v) is 3.85. The molecule has 0 aromatic carbocycles. The number of fused-ring (bicyclic) bond motifs is 1. The Bertz CT molecular complexity index is 377. The van der Waals surface area contributed by atoms with Gasteiger partial charge < -0.3 is 5.11 Å². The Balaban J connectivity index is 2.00. The van der Waals surface area contributed by atoms with Gasteiger partial charge in [-0.1, -0.05) is 5.21 Å². The molecule has 0 spiro atoms. The Morgan fingerprint density at radius 3 is 3.13 bits per heavy atom. The number of hydrogen-bond acceptors (Lipinski definition) is 4. The van der Waals surface area contributed by atoms with Crippen LogP contribution < -0.4 is 0 Å². The highest BCUT2D eigenvalue weighted by molar-refractivity contribution is 5.17. The summed E-state index contributed by atoms with van der Waals surface area (Å²) in [5.74, 6) is 0. The van der Waals surface area contributed by atoms with E-state index in [4.69, 9.17) is 0 Å². The summed E-state index contributed by atoms with van der Waals surface area (Å²) in [4.78, 5) is 2.38. The third kappa shape index (κ3) is 1.16. The second-order valence-corrected chi connectivity index (χ2v) is 4.61. The monoisotopic (exact) mass is 208 g/mol. The van der Waals surface area contributed by atoms with Crippen LogP contribution in [0.3, 0.4) is 0 Å². The van der Waals surface area contributed by atoms with E-state index in [1.54, 1.807) is 10.9 Å². The first-order chi connectivity index (χ1) is 7.22. The van der Waals surface area contributed by atoms with E-state index in [1.165, 1.54) is 6.42 Å². The highest BCUT2D eigenvalue weighted by atomic mass is 16.3. The third-order valence-electron chi connectivity index (χ3n) is 3.85. The fourth-order valence-corrected chi connectivity index (χ4v) is 3.10. The molecule has 3 heterocycles. The lowest BCUT2D eigenvalue weighted by atomic mass is 9.89. The molecular weight excluding hydrogens is 192 g/mol. The van der Waals surface area contributed by atoms with Gasteiger partial charge >= 0.3 is 0 Å². The zero-order valence-electron chi connectivity index (χ0n) is 8.93. The molecular formula is C10H16N4O. The van der Waals surface area contributed by atoms with Gasteiger partial charge in [0, 0.05) is 19.6 Å². The zero-order chi connectivity index (χ0) is 10.5. The molecule has 82 valence electrons. The number of hydrogen-bond donors (Lipinski definition) is 1. The second-order valence-electron chi connectivity index (χ2n) is 4.61. The van der Waals surface area contributed by atoms with Gasteiger partial charge in [-0.3, -0.25) is 4.90 Å². The number of nitrogens with zero attached hydrogens (tertiary/aromatic N) is 4. The Labute approximate surface area is 88.7 Å². The molecule has 0 amide bonds. The van der Waals surface area contributed by atoms with E-state index in [2.05, 4.69) is 15.2 Å². The largest absolute Gasteiger partial charge is 0.382 e. The molecule has 2 aliphatic heterocycles. The van der Waals surface area contributed by atoms with Crippen LogP contribution in [0.25, 0.3) is 0 Å². The van der Waals surface area contributed by atoms with Crippen LogP contribution in [0.1, 0.15) is 25.0 Å². The molecule has 15 heavy (non-hydrogen) atoms. The molecule has 1 aromatic rings. The van der Waals surface area contributed by atoms with E-state index < -0.39 is 5.60 Å². The van der Waals surface area contributed by atoms with Crippen molar-refractivity contribution in [3.05, 3.63) is 11.9 Å². The predicted octanol–water partition coefficient (Wildman–Crippen LogP) is -0.129. The minimum atomic E-state index is -0.727. The van der Waals surface area contributed by atoms with Gasteiger partial charge in [0.15, 0.2) is 0 Å². The molecule has 2 saturated heterocycles. The summed E-state index contributed by atoms with van der Waals surface area (Å²) in [6, 6.07) is 0.273. The fourth-order valence-electron chi connectivity index (χ4n) is 3.10. The van der Waals surface area contributed by atoms with Gasteiger partial charge in [0.25, 0.3) is 0 Å². The molecule has 0 bridgehead atoms. The average molecular weight is 208 g/mol. The van der Waals surface area contributed by atoms with Gasteiger partial charge in [-0.15, -0.1) is 5.10 Å². The maximum absolute atomic E-state index is 10.8. The molecule has 1 N–H and O–H groups in total. The van der Waals surface area contributed by atoms with Crippen molar-refractivity contribution in [2.75, 3.05) is 13.1 Å². The van der Waals surface area contributed by atoms with Crippen molar-refractivity contribution in [2.24, 2.45) is 7.05 Å². The fraction of sp³-hybridized carbons (Fsp3) is 0.800. The van der Waals surface area contributed by atoms with Crippen LogP contribution in [0.4, 0.5) is 0 Å². The number of aliphatic hydroxyl groups is 1. The Morgan fingerprint density at radius 1 is 1.53 bits per heavy atom. The first kappa shape index (κ1) is 9.30. The van der Waals surface area contributed by atoms with Crippen LogP contribution in [0.2, 0.25) is 0 Å². The van der Waals surface area contributed by atoms with E-state index in [1.807, 2.05) is 7.05 Å². The summed E-state index contributed by atoms with van der Waals surface area (Å²) in [6.07, 6.45) is 4.78. The summed E-state index contributed by atoms with van der Waals surface area (Å²) in [6.45, 7) is 2.12. The molecule has 5 nitrogen and oxygen atoms in total. The van der Waals surface area contributed by atoms with Crippen molar-refractivity contribution in [1.82, 2.24) is 19.9 Å². The highest BCUT2D eigenvalue weighted by Gasteiger charge is 2.50. The second kappa shape index (κ2) is 3.02. The van der Waals surface area contributed by atoms with E-state index >= 15 is 0 Å². The molecule has 2 atom stereocenters. The number of aryl methyl sites for hydroxylation is 1. The summed E-state index contributed by atoms with van der Waals surface area (Å²) in [5, 5.41) is 18.5. The van der Waals surface area contributed by atoms with Crippen molar-refractivity contribution >= 4 is 0 Å². The lowest BCUT2D eigenvalue weighted by Gasteiger charge is -2.29. The molecule has 1 aromatic heterocycles. The normalized spacial score (nSPS) is 36.0. The van der Waals surface area contributed by atoms with E-state index in [0.717, 1.165) is 31.6 Å². The molecule has 0 saturated carbocycles. The first-order valence-corrected chi connectivity index (χ1v) is 5.53. The zero-order valence-corrected chi connectivity index (χ0v) is 8.93. The predicted molar refractivity (Wildman–Crippen MR) is 54.1 cm³/mol. The van der Waals surface area contributed by atoms with Gasteiger partial charge in [0.1, 0.15) is 5.60 Å². The molecule has 0 aliphatic carbocycles. The molecule has 2 aliphatic rings. The van der Waals surface area contributed by atoms with Crippen molar-refractivity contribution < 1.29 is 5.11 Å². The minimum absolute atomic E-state index is 0.273. The van der Waals surface area contributed by atoms with E-state index in [0.29, 0.717) is 0 Å². The van der Waals surface area contributed by atoms with Crippen LogP contribution in [0, 0.1) is 0 Å². The van der Waals surface area contributed by atoms with Crippen LogP contribution in [-0.2, 0) is 12.6 Å². The Hall–Kier alpha value is -0.940. The molecule has 0 radical (unpaired) electrons. The summed E-state index contributed by atoms with van der Waals surface area (Å²) < 4.78 is 1.70.